The highest BCUT2D eigenvalue weighted by molar-refractivity contribution is 7.17. The van der Waals surface area contributed by atoms with Crippen LogP contribution in [-0.2, 0) is 11.3 Å². The number of fused-ring (bicyclic) bond motifs is 2. The third-order valence-corrected chi connectivity index (χ3v) is 5.15. The molecule has 0 spiro atoms. The Hall–Kier alpha value is -3.26. The summed E-state index contributed by atoms with van der Waals surface area (Å²) in [4.78, 5) is 45.4. The Morgan fingerprint density at radius 2 is 2.07 bits per heavy atom. The summed E-state index contributed by atoms with van der Waals surface area (Å²) in [5.74, 6) is -0.785. The van der Waals surface area contributed by atoms with E-state index in [0.29, 0.717) is 10.4 Å². The van der Waals surface area contributed by atoms with Gasteiger partial charge < -0.3 is 9.72 Å². The number of hydrogen-bond acceptors (Lipinski definition) is 6. The Balaban J connectivity index is 1.73. The number of rotatable bonds is 5. The molecule has 3 heterocycles. The summed E-state index contributed by atoms with van der Waals surface area (Å²) in [6, 6.07) is 7.45. The molecule has 0 aliphatic heterocycles. The van der Waals surface area contributed by atoms with Gasteiger partial charge >= 0.3 is 5.97 Å². The van der Waals surface area contributed by atoms with Crippen molar-refractivity contribution in [3.63, 3.8) is 0 Å². The summed E-state index contributed by atoms with van der Waals surface area (Å²) in [6.07, 6.45) is 2.97. The van der Waals surface area contributed by atoms with Crippen LogP contribution in [0.4, 0.5) is 0 Å². The fourth-order valence-corrected chi connectivity index (χ4v) is 3.85. The van der Waals surface area contributed by atoms with E-state index in [2.05, 4.69) is 9.97 Å². The van der Waals surface area contributed by atoms with Gasteiger partial charge in [0.15, 0.2) is 5.78 Å². The van der Waals surface area contributed by atoms with Gasteiger partial charge in [0.25, 0.3) is 5.56 Å². The summed E-state index contributed by atoms with van der Waals surface area (Å²) in [6.45, 7) is 1.74. The molecule has 0 radical (unpaired) electrons. The monoisotopic (exact) mass is 381 g/mol. The van der Waals surface area contributed by atoms with Gasteiger partial charge in [0.05, 0.1) is 30.4 Å². The minimum Gasteiger partial charge on any atom is -0.462 e. The lowest BCUT2D eigenvalue weighted by Gasteiger charge is -2.05. The maximum Gasteiger partial charge on any atom is 0.339 e. The number of para-hydroxylation sites is 1. The number of ether oxygens (including phenoxy) is 1. The lowest BCUT2D eigenvalue weighted by Crippen LogP contribution is -2.25. The summed E-state index contributed by atoms with van der Waals surface area (Å²) < 4.78 is 6.22. The van der Waals surface area contributed by atoms with Crippen LogP contribution in [0.25, 0.3) is 21.1 Å². The molecule has 7 nitrogen and oxygen atoms in total. The number of aromatic amines is 1. The highest BCUT2D eigenvalue weighted by Crippen LogP contribution is 2.22. The van der Waals surface area contributed by atoms with Gasteiger partial charge in [-0.05, 0) is 13.0 Å². The smallest absolute Gasteiger partial charge is 0.339 e. The molecule has 4 aromatic rings. The van der Waals surface area contributed by atoms with Gasteiger partial charge in [-0.15, -0.1) is 11.3 Å². The van der Waals surface area contributed by atoms with Gasteiger partial charge in [-0.1, -0.05) is 18.2 Å². The van der Waals surface area contributed by atoms with Crippen molar-refractivity contribution < 1.29 is 14.3 Å². The highest BCUT2D eigenvalue weighted by Gasteiger charge is 2.20. The second kappa shape index (κ2) is 6.81. The quantitative estimate of drug-likeness (QED) is 0.424. The van der Waals surface area contributed by atoms with E-state index in [1.54, 1.807) is 18.5 Å². The maximum absolute atomic E-state index is 12.8. The molecule has 136 valence electrons. The standard InChI is InChI=1S/C19H15N3O4S/c1-2-26-19(25)13-9-27-17-16(13)18(24)22(10-21-17)8-15(23)12-7-20-14-6-4-3-5-11(12)14/h3-7,9-10,20H,2,8H2,1H3. The predicted molar refractivity (Wildman–Crippen MR) is 102 cm³/mol. The molecule has 0 saturated heterocycles. The van der Waals surface area contributed by atoms with E-state index in [-0.39, 0.29) is 29.9 Å². The van der Waals surface area contributed by atoms with Crippen LogP contribution < -0.4 is 5.56 Å². The van der Waals surface area contributed by atoms with Crippen LogP contribution in [0, 0.1) is 0 Å². The van der Waals surface area contributed by atoms with Crippen molar-refractivity contribution in [1.82, 2.24) is 14.5 Å². The van der Waals surface area contributed by atoms with Crippen LogP contribution >= 0.6 is 11.3 Å². The van der Waals surface area contributed by atoms with E-state index in [1.807, 2.05) is 24.3 Å². The molecule has 1 aromatic carbocycles. The number of benzene rings is 1. The van der Waals surface area contributed by atoms with Crippen molar-refractivity contribution in [3.8, 4) is 0 Å². The van der Waals surface area contributed by atoms with E-state index in [0.717, 1.165) is 10.9 Å². The molecular formula is C19H15N3O4S. The van der Waals surface area contributed by atoms with Crippen molar-refractivity contribution in [2.24, 2.45) is 0 Å². The van der Waals surface area contributed by atoms with Crippen LogP contribution in [0.5, 0.6) is 0 Å². The first-order chi connectivity index (χ1) is 13.1. The molecule has 0 bridgehead atoms. The Morgan fingerprint density at radius 1 is 1.26 bits per heavy atom. The summed E-state index contributed by atoms with van der Waals surface area (Å²) >= 11 is 1.19. The molecule has 8 heteroatoms. The zero-order chi connectivity index (χ0) is 19.0. The van der Waals surface area contributed by atoms with Crippen LogP contribution in [0.15, 0.2) is 47.0 Å². The number of H-pyrrole nitrogens is 1. The molecule has 0 atom stereocenters. The largest absolute Gasteiger partial charge is 0.462 e. The number of hydrogen-bond donors (Lipinski definition) is 1. The molecule has 1 N–H and O–H groups in total. The van der Waals surface area contributed by atoms with Gasteiger partial charge in [-0.25, -0.2) is 9.78 Å². The molecule has 27 heavy (non-hydrogen) atoms. The number of thiophene rings is 1. The molecule has 3 aromatic heterocycles. The molecule has 0 aliphatic rings. The normalized spacial score (nSPS) is 11.1. The Bertz CT molecular complexity index is 1230. The van der Waals surface area contributed by atoms with Crippen molar-refractivity contribution in [2.75, 3.05) is 6.61 Å². The van der Waals surface area contributed by atoms with E-state index >= 15 is 0 Å². The Labute approximate surface area is 157 Å². The van der Waals surface area contributed by atoms with E-state index in [1.165, 1.54) is 22.2 Å². The minimum atomic E-state index is -0.566. The van der Waals surface area contributed by atoms with Crippen LogP contribution in [0.3, 0.4) is 0 Å². The number of carbonyl (C=O) groups excluding carboxylic acids is 2. The summed E-state index contributed by atoms with van der Waals surface area (Å²) in [5.41, 5.74) is 1.11. The fourth-order valence-electron chi connectivity index (χ4n) is 2.98. The van der Waals surface area contributed by atoms with Gasteiger partial charge in [0.2, 0.25) is 0 Å². The Morgan fingerprint density at radius 3 is 2.89 bits per heavy atom. The second-order valence-electron chi connectivity index (χ2n) is 5.90. The number of ketones is 1. The number of aromatic nitrogens is 3. The third-order valence-electron chi connectivity index (χ3n) is 4.26. The molecular weight excluding hydrogens is 366 g/mol. The molecule has 0 saturated carbocycles. The first-order valence-electron chi connectivity index (χ1n) is 8.33. The third kappa shape index (κ3) is 2.93. The topological polar surface area (TPSA) is 94.0 Å². The first-order valence-corrected chi connectivity index (χ1v) is 9.21. The number of nitrogens with one attached hydrogen (secondary N) is 1. The molecule has 0 amide bonds. The molecule has 4 rings (SSSR count). The lowest BCUT2D eigenvalue weighted by atomic mass is 10.1. The van der Waals surface area contributed by atoms with Crippen LogP contribution in [0.2, 0.25) is 0 Å². The number of Topliss-reactive ketones (excluding diaryl/α,β-unsaturated/α-hetero) is 1. The number of nitrogens with zero attached hydrogens (tertiary/aromatic N) is 2. The first kappa shape index (κ1) is 17.2. The Kier molecular flexibility index (Phi) is 4.33. The highest BCUT2D eigenvalue weighted by atomic mass is 32.1. The molecule has 0 fully saturated rings. The van der Waals surface area contributed by atoms with Gasteiger partial charge in [0.1, 0.15) is 4.83 Å². The molecule has 0 unspecified atom stereocenters. The predicted octanol–water partition coefficient (Wildman–Crippen LogP) is 3.00. The van der Waals surface area contributed by atoms with Crippen molar-refractivity contribution in [1.29, 1.82) is 0 Å². The summed E-state index contributed by atoms with van der Waals surface area (Å²) in [5, 5.41) is 2.54. The van der Waals surface area contributed by atoms with Crippen LogP contribution in [0.1, 0.15) is 27.6 Å². The maximum atomic E-state index is 12.8. The SMILES string of the molecule is CCOC(=O)c1csc2ncn(CC(=O)c3c[nH]c4ccccc34)c(=O)c12. The van der Waals surface area contributed by atoms with Gasteiger partial charge in [-0.2, -0.15) is 0 Å². The molecule has 0 aliphatic carbocycles. The minimum absolute atomic E-state index is 0.165. The van der Waals surface area contributed by atoms with Gasteiger partial charge in [-0.3, -0.25) is 14.2 Å². The average molecular weight is 381 g/mol. The van der Waals surface area contributed by atoms with Crippen molar-refractivity contribution in [2.45, 2.75) is 13.5 Å². The zero-order valence-electron chi connectivity index (χ0n) is 14.4. The van der Waals surface area contributed by atoms with E-state index in [4.69, 9.17) is 4.74 Å². The fraction of sp³-hybridized carbons (Fsp3) is 0.158. The van der Waals surface area contributed by atoms with Crippen molar-refractivity contribution >= 4 is 44.2 Å². The van der Waals surface area contributed by atoms with Crippen LogP contribution in [-0.4, -0.2) is 32.9 Å². The van der Waals surface area contributed by atoms with E-state index < -0.39 is 11.5 Å². The lowest BCUT2D eigenvalue weighted by molar-refractivity contribution is 0.0529. The zero-order valence-corrected chi connectivity index (χ0v) is 15.2. The van der Waals surface area contributed by atoms with E-state index in [9.17, 15) is 14.4 Å². The average Bonchev–Trinajstić information content (AvgIpc) is 3.28. The summed E-state index contributed by atoms with van der Waals surface area (Å²) in [7, 11) is 0. The van der Waals surface area contributed by atoms with Crippen molar-refractivity contribution in [3.05, 3.63) is 63.7 Å². The number of carbonyl (C=O) groups is 2. The van der Waals surface area contributed by atoms with Gasteiger partial charge in [0, 0.05) is 28.0 Å². The second-order valence-corrected chi connectivity index (χ2v) is 6.76. The number of esters is 1.